The highest BCUT2D eigenvalue weighted by molar-refractivity contribution is 5.32. The van der Waals surface area contributed by atoms with Crippen LogP contribution in [0.15, 0.2) is 24.3 Å². The van der Waals surface area contributed by atoms with Crippen LogP contribution in [-0.4, -0.2) is 30.4 Å². The monoisotopic (exact) mass is 289 g/mol. The molecular weight excluding hydrogens is 262 g/mol. The van der Waals surface area contributed by atoms with Crippen molar-refractivity contribution in [3.63, 3.8) is 0 Å². The topological polar surface area (TPSA) is 41.5 Å². The second-order valence-corrected chi connectivity index (χ2v) is 6.62. The van der Waals surface area contributed by atoms with Gasteiger partial charge in [-0.25, -0.2) is 0 Å². The minimum absolute atomic E-state index is 0.150. The summed E-state index contributed by atoms with van der Waals surface area (Å²) in [5.74, 6) is 1.59. The van der Waals surface area contributed by atoms with Gasteiger partial charge in [-0.15, -0.1) is 0 Å². The average Bonchev–Trinajstić information content (AvgIpc) is 2.67. The van der Waals surface area contributed by atoms with Gasteiger partial charge in [0.2, 0.25) is 0 Å². The fourth-order valence-corrected chi connectivity index (χ4v) is 3.71. The molecule has 21 heavy (non-hydrogen) atoms. The fraction of sp³-hybridized carbons (Fsp3) is 0.667. The molecule has 2 saturated carbocycles. The number of ether oxygens (including phenoxy) is 1. The lowest BCUT2D eigenvalue weighted by molar-refractivity contribution is 0.102. The van der Waals surface area contributed by atoms with Crippen molar-refractivity contribution >= 4 is 0 Å². The van der Waals surface area contributed by atoms with Crippen LogP contribution in [0.4, 0.5) is 0 Å². The quantitative estimate of drug-likeness (QED) is 0.836. The third-order valence-corrected chi connectivity index (χ3v) is 5.13. The molecular formula is C18H27NO2. The number of aliphatic hydroxyl groups is 1. The van der Waals surface area contributed by atoms with Crippen molar-refractivity contribution in [3.8, 4) is 5.75 Å². The standard InChI is InChI=1S/C18H27NO2/c1-21-16-7-5-6-13(12-16)14-10-15(11-14)19-17-8-3-2-4-9-18(17)20/h5-7,12,14-15,17-20H,2-4,8-11H2,1H3. The van der Waals surface area contributed by atoms with E-state index < -0.39 is 0 Å². The van der Waals surface area contributed by atoms with E-state index in [4.69, 9.17) is 4.74 Å². The maximum atomic E-state index is 10.2. The van der Waals surface area contributed by atoms with Crippen molar-refractivity contribution in [1.29, 1.82) is 0 Å². The molecule has 0 bridgehead atoms. The number of benzene rings is 1. The molecule has 2 unspecified atom stereocenters. The molecule has 2 aliphatic rings. The Hall–Kier alpha value is -1.06. The summed E-state index contributed by atoms with van der Waals surface area (Å²) in [4.78, 5) is 0. The van der Waals surface area contributed by atoms with Crippen LogP contribution < -0.4 is 10.1 Å². The zero-order chi connectivity index (χ0) is 14.7. The van der Waals surface area contributed by atoms with Crippen molar-refractivity contribution in [2.24, 2.45) is 0 Å². The highest BCUT2D eigenvalue weighted by Gasteiger charge is 2.33. The Bertz CT molecular complexity index is 456. The Morgan fingerprint density at radius 2 is 1.95 bits per heavy atom. The lowest BCUT2D eigenvalue weighted by Gasteiger charge is -2.39. The number of nitrogens with one attached hydrogen (secondary N) is 1. The van der Waals surface area contributed by atoms with E-state index in [0.717, 1.165) is 18.6 Å². The van der Waals surface area contributed by atoms with Crippen LogP contribution in [0.25, 0.3) is 0 Å². The summed E-state index contributed by atoms with van der Waals surface area (Å²) in [6, 6.07) is 9.30. The first-order chi connectivity index (χ1) is 10.3. The van der Waals surface area contributed by atoms with Gasteiger partial charge in [-0.05, 0) is 49.3 Å². The van der Waals surface area contributed by atoms with Crippen molar-refractivity contribution in [2.45, 2.75) is 69.1 Å². The van der Waals surface area contributed by atoms with Gasteiger partial charge in [0.15, 0.2) is 0 Å². The molecule has 0 saturated heterocycles. The predicted molar refractivity (Wildman–Crippen MR) is 84.8 cm³/mol. The maximum Gasteiger partial charge on any atom is 0.119 e. The van der Waals surface area contributed by atoms with Gasteiger partial charge in [0.1, 0.15) is 5.75 Å². The Labute approximate surface area is 127 Å². The van der Waals surface area contributed by atoms with Crippen LogP contribution in [0.3, 0.4) is 0 Å². The number of hydrogen-bond donors (Lipinski definition) is 2. The number of aliphatic hydroxyl groups excluding tert-OH is 1. The third-order valence-electron chi connectivity index (χ3n) is 5.13. The molecule has 2 atom stereocenters. The first kappa shape index (κ1) is 14.9. The summed E-state index contributed by atoms with van der Waals surface area (Å²) in [6.45, 7) is 0. The third kappa shape index (κ3) is 3.58. The summed E-state index contributed by atoms with van der Waals surface area (Å²) in [5.41, 5.74) is 1.38. The van der Waals surface area contributed by atoms with Crippen LogP contribution in [0.2, 0.25) is 0 Å². The molecule has 1 aromatic rings. The molecule has 0 radical (unpaired) electrons. The number of methoxy groups -OCH3 is 1. The van der Waals surface area contributed by atoms with E-state index in [1.807, 2.05) is 6.07 Å². The van der Waals surface area contributed by atoms with Gasteiger partial charge in [-0.3, -0.25) is 0 Å². The molecule has 3 nitrogen and oxygen atoms in total. The molecule has 0 aliphatic heterocycles. The smallest absolute Gasteiger partial charge is 0.119 e. The predicted octanol–water partition coefficient (Wildman–Crippen LogP) is 3.22. The molecule has 2 fully saturated rings. The largest absolute Gasteiger partial charge is 0.497 e. The van der Waals surface area contributed by atoms with Crippen LogP contribution in [0.1, 0.15) is 56.4 Å². The van der Waals surface area contributed by atoms with Gasteiger partial charge >= 0.3 is 0 Å². The molecule has 0 amide bonds. The van der Waals surface area contributed by atoms with Crippen molar-refractivity contribution in [1.82, 2.24) is 5.32 Å². The van der Waals surface area contributed by atoms with E-state index in [1.165, 1.54) is 37.7 Å². The molecule has 116 valence electrons. The molecule has 2 aliphatic carbocycles. The van der Waals surface area contributed by atoms with Gasteiger partial charge in [0, 0.05) is 12.1 Å². The van der Waals surface area contributed by atoms with E-state index in [1.54, 1.807) is 7.11 Å². The van der Waals surface area contributed by atoms with Crippen molar-refractivity contribution in [3.05, 3.63) is 29.8 Å². The maximum absolute atomic E-state index is 10.2. The van der Waals surface area contributed by atoms with Gasteiger partial charge in [-0.2, -0.15) is 0 Å². The molecule has 0 heterocycles. The second-order valence-electron chi connectivity index (χ2n) is 6.62. The second kappa shape index (κ2) is 6.80. The highest BCUT2D eigenvalue weighted by Crippen LogP contribution is 2.38. The summed E-state index contributed by atoms with van der Waals surface area (Å²) < 4.78 is 5.30. The van der Waals surface area contributed by atoms with Crippen LogP contribution >= 0.6 is 0 Å². The highest BCUT2D eigenvalue weighted by atomic mass is 16.5. The minimum Gasteiger partial charge on any atom is -0.497 e. The van der Waals surface area contributed by atoms with Gasteiger partial charge in [0.25, 0.3) is 0 Å². The van der Waals surface area contributed by atoms with E-state index >= 15 is 0 Å². The lowest BCUT2D eigenvalue weighted by Crippen LogP contribution is -2.49. The van der Waals surface area contributed by atoms with Crippen LogP contribution in [0, 0.1) is 0 Å². The Kier molecular flexibility index (Phi) is 4.81. The zero-order valence-electron chi connectivity index (χ0n) is 12.9. The SMILES string of the molecule is COc1cccc(C2CC(NC3CCCCCC3O)C2)c1. The van der Waals surface area contributed by atoms with Gasteiger partial charge < -0.3 is 15.2 Å². The van der Waals surface area contributed by atoms with Gasteiger partial charge in [-0.1, -0.05) is 31.4 Å². The van der Waals surface area contributed by atoms with E-state index in [2.05, 4.69) is 23.5 Å². The first-order valence-electron chi connectivity index (χ1n) is 8.34. The molecule has 3 heteroatoms. The summed E-state index contributed by atoms with van der Waals surface area (Å²) in [7, 11) is 1.72. The Balaban J connectivity index is 1.51. The summed E-state index contributed by atoms with van der Waals surface area (Å²) in [6.07, 6.45) is 7.99. The lowest BCUT2D eigenvalue weighted by atomic mass is 9.75. The summed E-state index contributed by atoms with van der Waals surface area (Å²) in [5, 5.41) is 13.9. The van der Waals surface area contributed by atoms with Crippen molar-refractivity contribution < 1.29 is 9.84 Å². The molecule has 0 aromatic heterocycles. The summed E-state index contributed by atoms with van der Waals surface area (Å²) >= 11 is 0. The average molecular weight is 289 g/mol. The Morgan fingerprint density at radius 1 is 1.14 bits per heavy atom. The molecule has 1 aromatic carbocycles. The molecule has 2 N–H and O–H groups in total. The Morgan fingerprint density at radius 3 is 2.76 bits per heavy atom. The fourth-order valence-electron chi connectivity index (χ4n) is 3.71. The van der Waals surface area contributed by atoms with Gasteiger partial charge in [0.05, 0.1) is 13.2 Å². The van der Waals surface area contributed by atoms with E-state index in [0.29, 0.717) is 18.0 Å². The first-order valence-corrected chi connectivity index (χ1v) is 8.34. The minimum atomic E-state index is -0.150. The molecule has 0 spiro atoms. The normalized spacial score (nSPS) is 33.0. The van der Waals surface area contributed by atoms with Crippen LogP contribution in [0.5, 0.6) is 5.75 Å². The van der Waals surface area contributed by atoms with E-state index in [9.17, 15) is 5.11 Å². The van der Waals surface area contributed by atoms with Crippen LogP contribution in [-0.2, 0) is 0 Å². The zero-order valence-corrected chi connectivity index (χ0v) is 12.9. The van der Waals surface area contributed by atoms with Crippen molar-refractivity contribution in [2.75, 3.05) is 7.11 Å². The number of rotatable bonds is 4. The van der Waals surface area contributed by atoms with E-state index in [-0.39, 0.29) is 6.10 Å². The molecule has 3 rings (SSSR count). The number of hydrogen-bond acceptors (Lipinski definition) is 3.